The summed E-state index contributed by atoms with van der Waals surface area (Å²) >= 11 is 0. The van der Waals surface area contributed by atoms with E-state index in [-0.39, 0.29) is 0 Å². The summed E-state index contributed by atoms with van der Waals surface area (Å²) in [5.41, 5.74) is 0.301. The smallest absolute Gasteiger partial charge is 0.335 e. The van der Waals surface area contributed by atoms with Crippen molar-refractivity contribution in [2.45, 2.75) is 32.6 Å². The Morgan fingerprint density at radius 1 is 1.00 bits per heavy atom. The summed E-state index contributed by atoms with van der Waals surface area (Å²) < 4.78 is 11.1. The third-order valence-electron chi connectivity index (χ3n) is 3.72. The second-order valence-corrected chi connectivity index (χ2v) is 5.63. The molecule has 0 heterocycles. The van der Waals surface area contributed by atoms with Crippen LogP contribution in [0, 0.1) is 0 Å². The zero-order chi connectivity index (χ0) is 17.2. The van der Waals surface area contributed by atoms with Gasteiger partial charge in [-0.3, -0.25) is 0 Å². The number of aromatic carboxylic acids is 1. The lowest BCUT2D eigenvalue weighted by atomic mass is 10.1. The molecule has 2 rings (SSSR count). The highest BCUT2D eigenvalue weighted by Crippen LogP contribution is 2.22. The van der Waals surface area contributed by atoms with Crippen LogP contribution in [0.3, 0.4) is 0 Å². The Kier molecular flexibility index (Phi) is 7.15. The third-order valence-corrected chi connectivity index (χ3v) is 3.72. The third kappa shape index (κ3) is 5.61. The van der Waals surface area contributed by atoms with Crippen molar-refractivity contribution in [1.29, 1.82) is 0 Å². The molecule has 1 N–H and O–H groups in total. The van der Waals surface area contributed by atoms with Crippen molar-refractivity contribution in [3.05, 3.63) is 54.3 Å². The highest BCUT2D eigenvalue weighted by atomic mass is 16.5. The molecule has 2 aromatic carbocycles. The monoisotopic (exact) mass is 328 g/mol. The minimum Gasteiger partial charge on any atom is -0.502 e. The lowest BCUT2D eigenvalue weighted by Gasteiger charge is -2.08. The van der Waals surface area contributed by atoms with Gasteiger partial charge in [-0.15, -0.1) is 0 Å². The van der Waals surface area contributed by atoms with Crippen LogP contribution in [0.15, 0.2) is 48.7 Å². The van der Waals surface area contributed by atoms with Gasteiger partial charge < -0.3 is 14.6 Å². The van der Waals surface area contributed by atoms with Crippen molar-refractivity contribution >= 4 is 16.7 Å². The van der Waals surface area contributed by atoms with Gasteiger partial charge in [0.05, 0.1) is 25.0 Å². The van der Waals surface area contributed by atoms with Crippen LogP contribution in [0.25, 0.3) is 10.8 Å². The van der Waals surface area contributed by atoms with Crippen LogP contribution in [0.5, 0.6) is 5.75 Å². The molecule has 0 aliphatic rings. The molecule has 0 aromatic heterocycles. The van der Waals surface area contributed by atoms with E-state index in [9.17, 15) is 4.79 Å². The maximum Gasteiger partial charge on any atom is 0.335 e. The molecule has 0 amide bonds. The summed E-state index contributed by atoms with van der Waals surface area (Å²) in [5.74, 6) is -0.0877. The number of hydrogen-bond donors (Lipinski definition) is 1. The first-order valence-electron chi connectivity index (χ1n) is 8.33. The Labute approximate surface area is 142 Å². The Morgan fingerprint density at radius 2 is 1.71 bits per heavy atom. The van der Waals surface area contributed by atoms with Crippen LogP contribution in [0.2, 0.25) is 0 Å². The number of carboxylic acids is 1. The molecule has 2 aromatic rings. The zero-order valence-corrected chi connectivity index (χ0v) is 14.0. The molecule has 0 atom stereocenters. The molecule has 0 bridgehead atoms. The van der Waals surface area contributed by atoms with Gasteiger partial charge in [0, 0.05) is 0 Å². The number of carboxylic acid groups (broad SMARTS) is 1. The van der Waals surface area contributed by atoms with Gasteiger partial charge in [0.15, 0.2) is 0 Å². The second kappa shape index (κ2) is 9.60. The van der Waals surface area contributed by atoms with E-state index in [1.807, 2.05) is 37.3 Å². The van der Waals surface area contributed by atoms with Gasteiger partial charge in [-0.2, -0.15) is 0 Å². The van der Waals surface area contributed by atoms with Gasteiger partial charge >= 0.3 is 5.97 Å². The zero-order valence-electron chi connectivity index (χ0n) is 14.0. The summed E-state index contributed by atoms with van der Waals surface area (Å²) in [6.45, 7) is 3.40. The van der Waals surface area contributed by atoms with E-state index >= 15 is 0 Å². The number of unbranched alkanes of at least 4 members (excludes halogenated alkanes) is 3. The molecule has 0 unspecified atom stereocenters. The summed E-state index contributed by atoms with van der Waals surface area (Å²) in [7, 11) is 0. The van der Waals surface area contributed by atoms with Crippen molar-refractivity contribution in [2.75, 3.05) is 13.2 Å². The molecule has 4 heteroatoms. The summed E-state index contributed by atoms with van der Waals surface area (Å²) in [5, 5.41) is 10.9. The van der Waals surface area contributed by atoms with E-state index in [2.05, 4.69) is 0 Å². The van der Waals surface area contributed by atoms with Crippen molar-refractivity contribution in [2.24, 2.45) is 0 Å². The number of fused-ring (bicyclic) bond motifs is 1. The number of benzene rings is 2. The highest BCUT2D eigenvalue weighted by molar-refractivity contribution is 5.94. The molecule has 0 saturated carbocycles. The minimum absolute atomic E-state index is 0.301. The fourth-order valence-corrected chi connectivity index (χ4v) is 2.44. The minimum atomic E-state index is -0.909. The summed E-state index contributed by atoms with van der Waals surface area (Å²) in [6, 6.07) is 10.8. The number of hydrogen-bond acceptors (Lipinski definition) is 3. The Hall–Kier alpha value is -2.49. The molecule has 0 saturated heterocycles. The molecule has 24 heavy (non-hydrogen) atoms. The lowest BCUT2D eigenvalue weighted by molar-refractivity contribution is 0.0697. The molecular weight excluding hydrogens is 304 g/mol. The first-order valence-corrected chi connectivity index (χ1v) is 8.33. The molecular formula is C20H24O4. The van der Waals surface area contributed by atoms with Gasteiger partial charge in [0.25, 0.3) is 0 Å². The lowest BCUT2D eigenvalue weighted by Crippen LogP contribution is -1.98. The standard InChI is InChI=1S/C20H24O4/c1-2-11-23-12-5-3-4-6-13-24-19-10-9-16-14-18(20(21)22)8-7-17(16)15-19/h2,7-11,14-15H,3-6,12-13H2,1H3,(H,21,22). The Bertz CT molecular complexity index is 691. The van der Waals surface area contributed by atoms with Crippen molar-refractivity contribution in [3.63, 3.8) is 0 Å². The van der Waals surface area contributed by atoms with Crippen LogP contribution in [0.4, 0.5) is 0 Å². The quantitative estimate of drug-likeness (QED) is 0.491. The summed E-state index contributed by atoms with van der Waals surface area (Å²) in [4.78, 5) is 11.0. The second-order valence-electron chi connectivity index (χ2n) is 5.63. The molecule has 0 aliphatic heterocycles. The fourth-order valence-electron chi connectivity index (χ4n) is 2.44. The van der Waals surface area contributed by atoms with Crippen molar-refractivity contribution in [1.82, 2.24) is 0 Å². The van der Waals surface area contributed by atoms with Crippen LogP contribution in [-0.2, 0) is 4.74 Å². The highest BCUT2D eigenvalue weighted by Gasteiger charge is 2.04. The van der Waals surface area contributed by atoms with Gasteiger partial charge in [-0.1, -0.05) is 18.2 Å². The number of allylic oxidation sites excluding steroid dienone is 1. The maximum atomic E-state index is 11.0. The van der Waals surface area contributed by atoms with E-state index < -0.39 is 5.97 Å². The van der Waals surface area contributed by atoms with E-state index in [4.69, 9.17) is 14.6 Å². The topological polar surface area (TPSA) is 55.8 Å². The van der Waals surface area contributed by atoms with Crippen molar-refractivity contribution < 1.29 is 19.4 Å². The molecule has 0 aliphatic carbocycles. The number of carbonyl (C=O) groups is 1. The Balaban J connectivity index is 1.73. The number of rotatable bonds is 10. The van der Waals surface area contributed by atoms with Crippen LogP contribution < -0.4 is 4.74 Å². The van der Waals surface area contributed by atoms with Crippen LogP contribution >= 0.6 is 0 Å². The van der Waals surface area contributed by atoms with E-state index in [0.717, 1.165) is 48.8 Å². The molecule has 0 fully saturated rings. The first-order chi connectivity index (χ1) is 11.7. The van der Waals surface area contributed by atoms with Gasteiger partial charge in [0.1, 0.15) is 5.75 Å². The van der Waals surface area contributed by atoms with Gasteiger partial charge in [0.2, 0.25) is 0 Å². The predicted octanol–water partition coefficient (Wildman–Crippen LogP) is 5.03. The van der Waals surface area contributed by atoms with E-state index in [0.29, 0.717) is 12.2 Å². The molecule has 0 spiro atoms. The SMILES string of the molecule is CC=COCCCCCCOc1ccc2cc(C(=O)O)ccc2c1. The first kappa shape index (κ1) is 17.9. The van der Waals surface area contributed by atoms with Gasteiger partial charge in [-0.05, 0) is 67.6 Å². The Morgan fingerprint density at radius 3 is 2.46 bits per heavy atom. The molecule has 128 valence electrons. The average Bonchev–Trinajstić information content (AvgIpc) is 2.59. The van der Waals surface area contributed by atoms with Crippen LogP contribution in [-0.4, -0.2) is 24.3 Å². The summed E-state index contributed by atoms with van der Waals surface area (Å²) in [6.07, 6.45) is 7.94. The van der Waals surface area contributed by atoms with E-state index in [1.165, 1.54) is 0 Å². The largest absolute Gasteiger partial charge is 0.502 e. The normalized spacial score (nSPS) is 11.0. The fraction of sp³-hybridized carbons (Fsp3) is 0.350. The maximum absolute atomic E-state index is 11.0. The molecule has 4 nitrogen and oxygen atoms in total. The molecule has 0 radical (unpaired) electrons. The number of ether oxygens (including phenoxy) is 2. The van der Waals surface area contributed by atoms with Gasteiger partial charge in [-0.25, -0.2) is 4.79 Å². The van der Waals surface area contributed by atoms with E-state index in [1.54, 1.807) is 18.4 Å². The predicted molar refractivity (Wildman–Crippen MR) is 95.6 cm³/mol. The van der Waals surface area contributed by atoms with Crippen molar-refractivity contribution in [3.8, 4) is 5.75 Å². The van der Waals surface area contributed by atoms with Crippen LogP contribution in [0.1, 0.15) is 43.0 Å². The average molecular weight is 328 g/mol.